The number of anilines is 1. The standard InChI is InChI=1S/C30H25N3O/c1-21-8-16-26(17-9-21)31-30(34)28-20-29(33(32-28)27-18-10-22(2)11-19-27)25-14-12-24(13-15-25)23-6-4-3-5-7-23/h3-20H,1-2H3,(H,31,34). The third-order valence-corrected chi connectivity index (χ3v) is 5.82. The van der Waals surface area contributed by atoms with E-state index in [0.29, 0.717) is 5.69 Å². The smallest absolute Gasteiger partial charge is 0.276 e. The van der Waals surface area contributed by atoms with Gasteiger partial charge in [0.25, 0.3) is 5.91 Å². The lowest BCUT2D eigenvalue weighted by Gasteiger charge is -2.09. The Morgan fingerprint density at radius 2 is 1.24 bits per heavy atom. The predicted octanol–water partition coefficient (Wildman–Crippen LogP) is 7.08. The van der Waals surface area contributed by atoms with Crippen LogP contribution in [0.25, 0.3) is 28.1 Å². The molecule has 0 aliphatic carbocycles. The topological polar surface area (TPSA) is 46.9 Å². The quantitative estimate of drug-likeness (QED) is 0.316. The summed E-state index contributed by atoms with van der Waals surface area (Å²) < 4.78 is 1.83. The van der Waals surface area contributed by atoms with E-state index in [9.17, 15) is 4.79 Å². The molecule has 5 aromatic rings. The van der Waals surface area contributed by atoms with E-state index in [1.54, 1.807) is 0 Å². The van der Waals surface area contributed by atoms with Gasteiger partial charge in [0.15, 0.2) is 5.69 Å². The lowest BCUT2D eigenvalue weighted by Crippen LogP contribution is -2.13. The molecule has 4 heteroatoms. The number of hydrogen-bond donors (Lipinski definition) is 1. The zero-order valence-corrected chi connectivity index (χ0v) is 19.2. The van der Waals surface area contributed by atoms with Crippen molar-refractivity contribution in [2.75, 3.05) is 5.32 Å². The third kappa shape index (κ3) is 4.52. The summed E-state index contributed by atoms with van der Waals surface area (Å²) in [7, 11) is 0. The SMILES string of the molecule is Cc1ccc(NC(=O)c2cc(-c3ccc(-c4ccccc4)cc3)n(-c3ccc(C)cc3)n2)cc1. The summed E-state index contributed by atoms with van der Waals surface area (Å²) in [6, 6.07) is 36.4. The number of nitrogens with one attached hydrogen (secondary N) is 1. The number of aromatic nitrogens is 2. The highest BCUT2D eigenvalue weighted by atomic mass is 16.1. The van der Waals surface area contributed by atoms with E-state index in [4.69, 9.17) is 0 Å². The minimum Gasteiger partial charge on any atom is -0.321 e. The molecule has 0 atom stereocenters. The fourth-order valence-corrected chi connectivity index (χ4v) is 3.88. The van der Waals surface area contributed by atoms with Crippen LogP contribution >= 0.6 is 0 Å². The zero-order chi connectivity index (χ0) is 23.5. The Morgan fingerprint density at radius 1 is 0.676 bits per heavy atom. The number of carbonyl (C=O) groups is 1. The number of aryl methyl sites for hydroxylation is 2. The van der Waals surface area contributed by atoms with Crippen LogP contribution in [0.2, 0.25) is 0 Å². The van der Waals surface area contributed by atoms with Gasteiger partial charge in [0.2, 0.25) is 0 Å². The largest absolute Gasteiger partial charge is 0.321 e. The van der Waals surface area contributed by atoms with Crippen LogP contribution in [0.3, 0.4) is 0 Å². The van der Waals surface area contributed by atoms with E-state index in [1.807, 2.05) is 84.4 Å². The number of hydrogen-bond acceptors (Lipinski definition) is 2. The summed E-state index contributed by atoms with van der Waals surface area (Å²) in [6.07, 6.45) is 0. The molecule has 0 aliphatic heterocycles. The van der Waals surface area contributed by atoms with Crippen molar-refractivity contribution >= 4 is 11.6 Å². The molecule has 4 nitrogen and oxygen atoms in total. The normalized spacial score (nSPS) is 10.8. The summed E-state index contributed by atoms with van der Waals surface area (Å²) in [4.78, 5) is 13.0. The van der Waals surface area contributed by atoms with Crippen molar-refractivity contribution in [1.82, 2.24) is 9.78 Å². The molecule has 4 aromatic carbocycles. The van der Waals surface area contributed by atoms with E-state index in [1.165, 1.54) is 11.1 Å². The van der Waals surface area contributed by atoms with E-state index >= 15 is 0 Å². The van der Waals surface area contributed by atoms with E-state index in [-0.39, 0.29) is 5.91 Å². The van der Waals surface area contributed by atoms with E-state index in [0.717, 1.165) is 33.8 Å². The van der Waals surface area contributed by atoms with Crippen LogP contribution in [0.15, 0.2) is 109 Å². The van der Waals surface area contributed by atoms with Crippen LogP contribution in [0.5, 0.6) is 0 Å². The highest BCUT2D eigenvalue weighted by Crippen LogP contribution is 2.28. The first-order valence-electron chi connectivity index (χ1n) is 11.3. The minimum atomic E-state index is -0.239. The van der Waals surface area contributed by atoms with Crippen molar-refractivity contribution in [3.63, 3.8) is 0 Å². The second kappa shape index (κ2) is 9.20. The molecule has 1 heterocycles. The fraction of sp³-hybridized carbons (Fsp3) is 0.0667. The molecule has 1 aromatic heterocycles. The van der Waals surface area contributed by atoms with Crippen molar-refractivity contribution in [2.24, 2.45) is 0 Å². The van der Waals surface area contributed by atoms with Crippen molar-refractivity contribution in [1.29, 1.82) is 0 Å². The van der Waals surface area contributed by atoms with Gasteiger partial charge in [-0.3, -0.25) is 4.79 Å². The van der Waals surface area contributed by atoms with E-state index < -0.39 is 0 Å². The van der Waals surface area contributed by atoms with Gasteiger partial charge in [-0.1, -0.05) is 90.0 Å². The molecule has 0 aliphatic rings. The van der Waals surface area contributed by atoms with E-state index in [2.05, 4.69) is 53.7 Å². The van der Waals surface area contributed by atoms with Crippen LogP contribution in [0.1, 0.15) is 21.6 Å². The average Bonchev–Trinajstić information content (AvgIpc) is 3.32. The number of benzene rings is 4. The monoisotopic (exact) mass is 443 g/mol. The molecule has 0 saturated carbocycles. The predicted molar refractivity (Wildman–Crippen MR) is 138 cm³/mol. The molecular formula is C30H25N3O. The van der Waals surface area contributed by atoms with Crippen molar-refractivity contribution in [3.8, 4) is 28.1 Å². The second-order valence-electron chi connectivity index (χ2n) is 8.43. The Bertz CT molecular complexity index is 1420. The molecule has 5 rings (SSSR count). The first-order valence-corrected chi connectivity index (χ1v) is 11.3. The third-order valence-electron chi connectivity index (χ3n) is 5.82. The first kappa shape index (κ1) is 21.4. The second-order valence-corrected chi connectivity index (χ2v) is 8.43. The van der Waals surface area contributed by atoms with Crippen LogP contribution in [0, 0.1) is 13.8 Å². The number of amides is 1. The van der Waals surface area contributed by atoms with Crippen molar-refractivity contribution < 1.29 is 4.79 Å². The molecule has 0 unspecified atom stereocenters. The van der Waals surface area contributed by atoms with Gasteiger partial charge in [-0.2, -0.15) is 5.10 Å². The van der Waals surface area contributed by atoms with Gasteiger partial charge < -0.3 is 5.32 Å². The Balaban J connectivity index is 1.52. The number of nitrogens with zero attached hydrogens (tertiary/aromatic N) is 2. The Kier molecular flexibility index (Phi) is 5.79. The molecule has 0 spiro atoms. The van der Waals surface area contributed by atoms with Gasteiger partial charge in [0.05, 0.1) is 11.4 Å². The Labute approximate surface area is 199 Å². The molecular weight excluding hydrogens is 418 g/mol. The highest BCUT2D eigenvalue weighted by molar-refractivity contribution is 6.03. The Hall–Kier alpha value is -4.44. The van der Waals surface area contributed by atoms with Gasteiger partial charge >= 0.3 is 0 Å². The maximum atomic E-state index is 13.0. The molecule has 1 amide bonds. The summed E-state index contributed by atoms with van der Waals surface area (Å²) in [5.41, 5.74) is 8.48. The lowest BCUT2D eigenvalue weighted by molar-refractivity contribution is 0.102. The van der Waals surface area contributed by atoms with Gasteiger partial charge in [-0.25, -0.2) is 4.68 Å². The maximum absolute atomic E-state index is 13.0. The summed E-state index contributed by atoms with van der Waals surface area (Å²) >= 11 is 0. The molecule has 0 bridgehead atoms. The summed E-state index contributed by atoms with van der Waals surface area (Å²) in [6.45, 7) is 4.07. The molecule has 0 radical (unpaired) electrons. The molecule has 1 N–H and O–H groups in total. The molecule has 166 valence electrons. The van der Waals surface area contributed by atoms with Crippen LogP contribution in [-0.2, 0) is 0 Å². The van der Waals surface area contributed by atoms with Crippen molar-refractivity contribution in [2.45, 2.75) is 13.8 Å². The van der Waals surface area contributed by atoms with Gasteiger partial charge in [0.1, 0.15) is 0 Å². The van der Waals surface area contributed by atoms with Crippen LogP contribution in [0.4, 0.5) is 5.69 Å². The highest BCUT2D eigenvalue weighted by Gasteiger charge is 2.17. The lowest BCUT2D eigenvalue weighted by atomic mass is 10.0. The van der Waals surface area contributed by atoms with Gasteiger partial charge in [-0.15, -0.1) is 0 Å². The molecule has 0 saturated heterocycles. The summed E-state index contributed by atoms with van der Waals surface area (Å²) in [5, 5.41) is 7.64. The average molecular weight is 444 g/mol. The minimum absolute atomic E-state index is 0.239. The zero-order valence-electron chi connectivity index (χ0n) is 19.2. The van der Waals surface area contributed by atoms with Crippen molar-refractivity contribution in [3.05, 3.63) is 126 Å². The molecule has 34 heavy (non-hydrogen) atoms. The van der Waals surface area contributed by atoms with Crippen LogP contribution < -0.4 is 5.32 Å². The Morgan fingerprint density at radius 3 is 1.88 bits per heavy atom. The van der Waals surface area contributed by atoms with Crippen LogP contribution in [-0.4, -0.2) is 15.7 Å². The maximum Gasteiger partial charge on any atom is 0.276 e. The molecule has 0 fully saturated rings. The van der Waals surface area contributed by atoms with Gasteiger partial charge in [0, 0.05) is 11.3 Å². The number of carbonyl (C=O) groups excluding carboxylic acids is 1. The summed E-state index contributed by atoms with van der Waals surface area (Å²) in [5.74, 6) is -0.239. The van der Waals surface area contributed by atoms with Gasteiger partial charge in [-0.05, 0) is 55.3 Å². The first-order chi connectivity index (χ1) is 16.6. The fourth-order valence-electron chi connectivity index (χ4n) is 3.88. The number of rotatable bonds is 5.